The fourth-order valence-corrected chi connectivity index (χ4v) is 8.46. The molecule has 3 nitrogen and oxygen atoms in total. The fraction of sp³-hybridized carbons (Fsp3) is 0. The maximum atomic E-state index is 5.38. The molecule has 3 heteroatoms. The normalized spacial score (nSPS) is 11.4. The Kier molecular flexibility index (Phi) is 8.15. The zero-order chi connectivity index (χ0) is 38.4. The summed E-state index contributed by atoms with van der Waals surface area (Å²) in [5.41, 5.74) is 12.4. The minimum Gasteiger partial charge on any atom is -0.247 e. The number of hydrogen-bond acceptors (Lipinski definition) is 3. The Balaban J connectivity index is 1.09. The average molecular weight is 738 g/mol. The number of fused-ring (bicyclic) bond motifs is 8. The number of aromatic nitrogens is 3. The molecular weight excluding hydrogens is 703 g/mol. The van der Waals surface area contributed by atoms with E-state index in [1.54, 1.807) is 0 Å². The lowest BCUT2D eigenvalue weighted by Crippen LogP contribution is -1.97. The van der Waals surface area contributed by atoms with Crippen molar-refractivity contribution in [2.75, 3.05) is 0 Å². The van der Waals surface area contributed by atoms with Gasteiger partial charge in [0.15, 0.2) is 5.82 Å². The third-order valence-electron chi connectivity index (χ3n) is 11.2. The molecule has 0 spiro atoms. The third kappa shape index (κ3) is 5.89. The molecule has 0 saturated carbocycles. The zero-order valence-corrected chi connectivity index (χ0v) is 31.5. The van der Waals surface area contributed by atoms with Crippen LogP contribution in [0.25, 0.3) is 111 Å². The number of para-hydroxylation sites is 1. The maximum absolute atomic E-state index is 5.38. The topological polar surface area (TPSA) is 38.7 Å². The van der Waals surface area contributed by atoms with Crippen LogP contribution in [0.15, 0.2) is 212 Å². The Hall–Kier alpha value is -7.75. The summed E-state index contributed by atoms with van der Waals surface area (Å²) in [6.07, 6.45) is 0. The van der Waals surface area contributed by atoms with Crippen molar-refractivity contribution < 1.29 is 0 Å². The molecule has 2 heterocycles. The first-order valence-corrected chi connectivity index (χ1v) is 19.7. The van der Waals surface area contributed by atoms with E-state index in [0.717, 1.165) is 66.8 Å². The van der Waals surface area contributed by atoms with Crippen LogP contribution in [-0.2, 0) is 0 Å². The maximum Gasteiger partial charge on any atom is 0.160 e. The summed E-state index contributed by atoms with van der Waals surface area (Å²) in [6.45, 7) is 0. The monoisotopic (exact) mass is 737 g/mol. The second-order valence-electron chi connectivity index (χ2n) is 14.8. The van der Waals surface area contributed by atoms with Gasteiger partial charge in [0.05, 0.1) is 22.6 Å². The van der Waals surface area contributed by atoms with E-state index in [1.807, 2.05) is 12.1 Å². The van der Waals surface area contributed by atoms with E-state index >= 15 is 0 Å². The molecule has 0 bridgehead atoms. The van der Waals surface area contributed by atoms with Crippen molar-refractivity contribution in [3.05, 3.63) is 212 Å². The molecular formula is C55H35N3. The van der Waals surface area contributed by atoms with Crippen LogP contribution in [0, 0.1) is 0 Å². The van der Waals surface area contributed by atoms with Crippen LogP contribution in [0.3, 0.4) is 0 Å². The van der Waals surface area contributed by atoms with Gasteiger partial charge in [-0.05, 0) is 68.1 Å². The SMILES string of the molecule is c1ccc(-c2cccc(-c3cc(-c4cccc(-c5ccccc5)c4)nc(-c4ccc(-c5nc6ccccc6c6c7ccccc7c7ccccc7c56)cc4)n3)c2)cc1. The van der Waals surface area contributed by atoms with Crippen molar-refractivity contribution in [3.63, 3.8) is 0 Å². The highest BCUT2D eigenvalue weighted by Gasteiger charge is 2.18. The van der Waals surface area contributed by atoms with Crippen molar-refractivity contribution in [3.8, 4) is 67.4 Å². The van der Waals surface area contributed by atoms with Crippen LogP contribution >= 0.6 is 0 Å². The van der Waals surface area contributed by atoms with Gasteiger partial charge in [0, 0.05) is 38.4 Å². The zero-order valence-electron chi connectivity index (χ0n) is 31.5. The Bertz CT molecular complexity index is 3220. The van der Waals surface area contributed by atoms with E-state index in [9.17, 15) is 0 Å². The number of hydrogen-bond donors (Lipinski definition) is 0. The summed E-state index contributed by atoms with van der Waals surface area (Å²) < 4.78 is 0. The quantitative estimate of drug-likeness (QED) is 0.160. The molecule has 0 atom stereocenters. The van der Waals surface area contributed by atoms with Crippen LogP contribution in [-0.4, -0.2) is 15.0 Å². The molecule has 0 N–H and O–H groups in total. The molecule has 0 aliphatic carbocycles. The molecule has 11 rings (SSSR count). The lowest BCUT2D eigenvalue weighted by molar-refractivity contribution is 1.18. The van der Waals surface area contributed by atoms with Crippen molar-refractivity contribution in [1.82, 2.24) is 15.0 Å². The van der Waals surface area contributed by atoms with E-state index in [-0.39, 0.29) is 0 Å². The van der Waals surface area contributed by atoms with Gasteiger partial charge in [-0.15, -0.1) is 0 Å². The second-order valence-corrected chi connectivity index (χ2v) is 14.8. The van der Waals surface area contributed by atoms with Gasteiger partial charge < -0.3 is 0 Å². The van der Waals surface area contributed by atoms with Gasteiger partial charge in [-0.1, -0.05) is 188 Å². The molecule has 0 radical (unpaired) electrons. The van der Waals surface area contributed by atoms with Crippen molar-refractivity contribution in [2.45, 2.75) is 0 Å². The highest BCUT2D eigenvalue weighted by Crippen LogP contribution is 2.43. The molecule has 58 heavy (non-hydrogen) atoms. The van der Waals surface area contributed by atoms with Crippen LogP contribution in [0.2, 0.25) is 0 Å². The van der Waals surface area contributed by atoms with Crippen LogP contribution in [0.5, 0.6) is 0 Å². The Morgan fingerprint density at radius 3 is 1.24 bits per heavy atom. The lowest BCUT2D eigenvalue weighted by atomic mass is 9.90. The molecule has 0 fully saturated rings. The molecule has 0 aliphatic heterocycles. The van der Waals surface area contributed by atoms with Gasteiger partial charge in [-0.2, -0.15) is 0 Å². The number of rotatable bonds is 6. The molecule has 9 aromatic carbocycles. The third-order valence-corrected chi connectivity index (χ3v) is 11.2. The highest BCUT2D eigenvalue weighted by molar-refractivity contribution is 6.33. The smallest absolute Gasteiger partial charge is 0.160 e. The lowest BCUT2D eigenvalue weighted by Gasteiger charge is -2.16. The number of benzene rings is 9. The van der Waals surface area contributed by atoms with E-state index < -0.39 is 0 Å². The molecule has 0 aliphatic rings. The van der Waals surface area contributed by atoms with E-state index in [0.29, 0.717) is 5.82 Å². The number of pyridine rings is 1. The van der Waals surface area contributed by atoms with Gasteiger partial charge >= 0.3 is 0 Å². The van der Waals surface area contributed by atoms with Crippen molar-refractivity contribution in [1.29, 1.82) is 0 Å². The summed E-state index contributed by atoms with van der Waals surface area (Å²) in [7, 11) is 0. The molecule has 0 unspecified atom stereocenters. The Labute approximate surface area is 336 Å². The van der Waals surface area contributed by atoms with Crippen LogP contribution in [0.4, 0.5) is 0 Å². The van der Waals surface area contributed by atoms with Gasteiger partial charge in [-0.3, -0.25) is 0 Å². The largest absolute Gasteiger partial charge is 0.247 e. The van der Waals surface area contributed by atoms with E-state index in [4.69, 9.17) is 15.0 Å². The first kappa shape index (κ1) is 33.6. The van der Waals surface area contributed by atoms with E-state index in [1.165, 1.54) is 38.1 Å². The van der Waals surface area contributed by atoms with Crippen LogP contribution < -0.4 is 0 Å². The van der Waals surface area contributed by atoms with Gasteiger partial charge in [0.1, 0.15) is 0 Å². The molecule has 11 aromatic rings. The summed E-state index contributed by atoms with van der Waals surface area (Å²) in [4.78, 5) is 15.9. The van der Waals surface area contributed by atoms with Crippen LogP contribution in [0.1, 0.15) is 0 Å². The fourth-order valence-electron chi connectivity index (χ4n) is 8.46. The molecule has 2 aromatic heterocycles. The summed E-state index contributed by atoms with van der Waals surface area (Å²) >= 11 is 0. The average Bonchev–Trinajstić information content (AvgIpc) is 3.31. The van der Waals surface area contributed by atoms with Gasteiger partial charge in [0.2, 0.25) is 0 Å². The summed E-state index contributed by atoms with van der Waals surface area (Å²) in [5.74, 6) is 0.669. The number of nitrogens with zero attached hydrogens (tertiary/aromatic N) is 3. The summed E-state index contributed by atoms with van der Waals surface area (Å²) in [6, 6.07) is 75.0. The predicted molar refractivity (Wildman–Crippen MR) is 242 cm³/mol. The first-order valence-electron chi connectivity index (χ1n) is 19.7. The second kappa shape index (κ2) is 14.1. The Morgan fingerprint density at radius 1 is 0.241 bits per heavy atom. The predicted octanol–water partition coefficient (Wildman–Crippen LogP) is 14.5. The van der Waals surface area contributed by atoms with Crippen molar-refractivity contribution >= 4 is 43.2 Å². The van der Waals surface area contributed by atoms with Gasteiger partial charge in [-0.25, -0.2) is 15.0 Å². The summed E-state index contributed by atoms with van der Waals surface area (Å²) in [5, 5.41) is 8.46. The molecule has 270 valence electrons. The minimum atomic E-state index is 0.669. The highest BCUT2D eigenvalue weighted by atomic mass is 14.9. The van der Waals surface area contributed by atoms with Gasteiger partial charge in [0.25, 0.3) is 0 Å². The first-order chi connectivity index (χ1) is 28.7. The Morgan fingerprint density at radius 2 is 0.672 bits per heavy atom. The standard InChI is InChI=1S/C55H35N3/c1-3-15-36(16-4-1)40-19-13-21-42(33-40)50-35-51(43-22-14-20-41(34-43)37-17-5-2-6-18-37)58-55(57-50)39-31-29-38(30-32-39)54-53-47-26-10-8-24-45(47)44-23-7-9-25-46(44)52(53)48-27-11-12-28-49(48)56-54/h1-35H. The molecule has 0 amide bonds. The molecule has 0 saturated heterocycles. The minimum absolute atomic E-state index is 0.669. The van der Waals surface area contributed by atoms with Crippen molar-refractivity contribution in [2.24, 2.45) is 0 Å². The van der Waals surface area contributed by atoms with E-state index in [2.05, 4.69) is 200 Å².